The molecule has 1 atom stereocenters. The van der Waals surface area contributed by atoms with E-state index in [-0.39, 0.29) is 16.7 Å². The van der Waals surface area contributed by atoms with Crippen LogP contribution in [0.4, 0.5) is 0 Å². The van der Waals surface area contributed by atoms with Gasteiger partial charge in [-0.1, -0.05) is 18.2 Å². The van der Waals surface area contributed by atoms with Gasteiger partial charge in [0, 0.05) is 19.7 Å². The quantitative estimate of drug-likeness (QED) is 0.803. The summed E-state index contributed by atoms with van der Waals surface area (Å²) in [7, 11) is 3.28. The van der Waals surface area contributed by atoms with Gasteiger partial charge in [0.05, 0.1) is 5.38 Å². The van der Waals surface area contributed by atoms with Gasteiger partial charge in [-0.2, -0.15) is 5.10 Å². The van der Waals surface area contributed by atoms with Gasteiger partial charge >= 0.3 is 0 Å². The molecule has 1 saturated carbocycles. The summed E-state index contributed by atoms with van der Waals surface area (Å²) in [6.07, 6.45) is 9.69. The molecule has 1 aliphatic heterocycles. The van der Waals surface area contributed by atoms with E-state index in [1.54, 1.807) is 14.1 Å². The number of aryl methyl sites for hydroxylation is 1. The van der Waals surface area contributed by atoms with Crippen LogP contribution in [0.5, 0.6) is 0 Å². The average molecular weight is 377 g/mol. The second-order valence-corrected chi connectivity index (χ2v) is 7.53. The van der Waals surface area contributed by atoms with Crippen molar-refractivity contribution in [3.05, 3.63) is 35.6 Å². The van der Waals surface area contributed by atoms with E-state index in [4.69, 9.17) is 16.4 Å². The number of hydroxylamine groups is 2. The molecule has 2 aliphatic carbocycles. The fraction of sp³-hybridized carbons (Fsp3) is 0.500. The number of alkyl halides is 1. The molecule has 1 unspecified atom stereocenters. The van der Waals surface area contributed by atoms with Gasteiger partial charge in [-0.3, -0.25) is 9.63 Å². The van der Waals surface area contributed by atoms with Crippen LogP contribution in [0, 0.1) is 0 Å². The van der Waals surface area contributed by atoms with Crippen molar-refractivity contribution in [3.8, 4) is 0 Å². The van der Waals surface area contributed by atoms with E-state index in [1.165, 1.54) is 9.75 Å². The number of hydrogen-bond donors (Lipinski definition) is 1. The van der Waals surface area contributed by atoms with Crippen LogP contribution >= 0.6 is 11.6 Å². The maximum Gasteiger partial charge on any atom is 0.284 e. The Hall–Kier alpha value is -2.12. The molecule has 1 N–H and O–H groups in total. The molecule has 0 radical (unpaired) electrons. The van der Waals surface area contributed by atoms with Gasteiger partial charge in [0.2, 0.25) is 0 Å². The number of aliphatic hydroxyl groups excluding tert-OH is 1. The number of aliphatic hydroxyl groups is 1. The van der Waals surface area contributed by atoms with Crippen molar-refractivity contribution in [2.45, 2.75) is 43.1 Å². The molecule has 8 heteroatoms. The molecule has 138 valence electrons. The summed E-state index contributed by atoms with van der Waals surface area (Å²) in [4.78, 5) is 23.0. The Kier molecular flexibility index (Phi) is 4.16. The summed E-state index contributed by atoms with van der Waals surface area (Å²) in [5.41, 5.74) is 0.185. The number of rotatable bonds is 2. The summed E-state index contributed by atoms with van der Waals surface area (Å²) >= 11 is 6.07. The third-order valence-corrected chi connectivity index (χ3v) is 5.51. The van der Waals surface area contributed by atoms with Gasteiger partial charge in [-0.15, -0.1) is 11.6 Å². The van der Waals surface area contributed by atoms with Crippen LogP contribution in [-0.2, 0) is 16.7 Å². The van der Waals surface area contributed by atoms with Crippen LogP contribution in [0.15, 0.2) is 24.0 Å². The first-order chi connectivity index (χ1) is 12.4. The molecule has 3 aliphatic rings. The predicted octanol–water partition coefficient (Wildman–Crippen LogP) is 2.75. The van der Waals surface area contributed by atoms with Gasteiger partial charge in [0.1, 0.15) is 11.3 Å². The number of aromatic nitrogens is 3. The average Bonchev–Trinajstić information content (AvgIpc) is 3.23. The highest BCUT2D eigenvalue weighted by molar-refractivity contribution is 6.22. The number of nitrogens with zero attached hydrogens (tertiary/aromatic N) is 4. The summed E-state index contributed by atoms with van der Waals surface area (Å²) < 4.78 is 1.53. The van der Waals surface area contributed by atoms with E-state index in [1.807, 2.05) is 18.2 Å². The molecule has 1 aromatic rings. The highest BCUT2D eigenvalue weighted by atomic mass is 35.5. The van der Waals surface area contributed by atoms with Gasteiger partial charge < -0.3 is 5.11 Å². The second kappa shape index (κ2) is 6.25. The Morgan fingerprint density at radius 1 is 1.35 bits per heavy atom. The van der Waals surface area contributed by atoms with Crippen LogP contribution in [0.1, 0.15) is 43.8 Å². The minimum atomic E-state index is -0.833. The number of allylic oxidation sites excluding steroid dienone is 4. The smallest absolute Gasteiger partial charge is 0.284 e. The molecular formula is C18H21ClN4O3. The van der Waals surface area contributed by atoms with E-state index in [2.05, 4.69) is 10.1 Å². The summed E-state index contributed by atoms with van der Waals surface area (Å²) in [6.45, 7) is 0. The molecule has 1 aromatic heterocycles. The zero-order valence-electron chi connectivity index (χ0n) is 14.8. The number of hydrogen-bond acceptors (Lipinski definition) is 5. The molecule has 7 nitrogen and oxygen atoms in total. The third kappa shape index (κ3) is 2.66. The minimum Gasteiger partial charge on any atom is -0.508 e. The van der Waals surface area contributed by atoms with E-state index >= 15 is 0 Å². The molecule has 2 heterocycles. The van der Waals surface area contributed by atoms with Crippen molar-refractivity contribution in [1.82, 2.24) is 19.8 Å². The highest BCUT2D eigenvalue weighted by Gasteiger charge is 2.49. The Labute approximate surface area is 156 Å². The topological polar surface area (TPSA) is 80.5 Å². The van der Waals surface area contributed by atoms with Gasteiger partial charge in [-0.25, -0.2) is 14.7 Å². The molecule has 0 aromatic carbocycles. The lowest BCUT2D eigenvalue weighted by Gasteiger charge is -2.37. The lowest BCUT2D eigenvalue weighted by Crippen LogP contribution is -2.47. The SMILES string of the molecule is CN1OC2(CCCC2)C(O)=C(c2nc(C3=CCC(Cl)C=C3)nn2C)C1=O. The number of likely N-dealkylation sites (N-methyl/N-ethyl adjacent to an activating group) is 1. The van der Waals surface area contributed by atoms with Crippen molar-refractivity contribution < 1.29 is 14.7 Å². The number of amides is 1. The lowest BCUT2D eigenvalue weighted by molar-refractivity contribution is -0.227. The highest BCUT2D eigenvalue weighted by Crippen LogP contribution is 2.44. The van der Waals surface area contributed by atoms with Crippen molar-refractivity contribution in [2.75, 3.05) is 7.05 Å². The molecular weight excluding hydrogens is 356 g/mol. The lowest BCUT2D eigenvalue weighted by atomic mass is 9.93. The van der Waals surface area contributed by atoms with Crippen LogP contribution in [0.2, 0.25) is 0 Å². The normalized spacial score (nSPS) is 25.3. The number of carbonyl (C=O) groups is 1. The van der Waals surface area contributed by atoms with E-state index in [9.17, 15) is 9.90 Å². The van der Waals surface area contributed by atoms with Crippen LogP contribution in [-0.4, -0.2) is 48.9 Å². The molecule has 26 heavy (non-hydrogen) atoms. The van der Waals surface area contributed by atoms with E-state index in [0.717, 1.165) is 18.4 Å². The van der Waals surface area contributed by atoms with Gasteiger partial charge in [-0.05, 0) is 32.1 Å². The fourth-order valence-electron chi connectivity index (χ4n) is 3.79. The molecule has 1 amide bonds. The van der Waals surface area contributed by atoms with Crippen molar-refractivity contribution in [1.29, 1.82) is 0 Å². The largest absolute Gasteiger partial charge is 0.508 e. The first-order valence-electron chi connectivity index (χ1n) is 8.76. The standard InChI is InChI=1S/C18H21ClN4O3/c1-22-16(20-15(21-22)11-5-7-12(19)8-6-11)13-14(24)18(9-3-4-10-18)26-23(2)17(13)25/h5-7,12,24H,3-4,8-10H2,1-2H3. The Morgan fingerprint density at radius 2 is 2.08 bits per heavy atom. The molecule has 0 saturated heterocycles. The van der Waals surface area contributed by atoms with E-state index in [0.29, 0.717) is 30.9 Å². The van der Waals surface area contributed by atoms with Crippen LogP contribution in [0.25, 0.3) is 11.1 Å². The Balaban J connectivity index is 1.79. The van der Waals surface area contributed by atoms with Gasteiger partial charge in [0.25, 0.3) is 5.91 Å². The zero-order valence-corrected chi connectivity index (χ0v) is 15.5. The van der Waals surface area contributed by atoms with Crippen LogP contribution in [0.3, 0.4) is 0 Å². The maximum absolute atomic E-state index is 12.7. The maximum atomic E-state index is 12.7. The summed E-state index contributed by atoms with van der Waals surface area (Å²) in [5.74, 6) is 0.390. The predicted molar refractivity (Wildman–Crippen MR) is 97.0 cm³/mol. The van der Waals surface area contributed by atoms with Crippen molar-refractivity contribution >= 4 is 28.7 Å². The molecule has 1 fully saturated rings. The van der Waals surface area contributed by atoms with Crippen molar-refractivity contribution in [3.63, 3.8) is 0 Å². The number of halogens is 1. The Bertz CT molecular complexity index is 849. The van der Waals surface area contributed by atoms with Crippen molar-refractivity contribution in [2.24, 2.45) is 7.05 Å². The summed E-state index contributed by atoms with van der Waals surface area (Å²) in [5, 5.41) is 16.5. The molecule has 1 spiro atoms. The van der Waals surface area contributed by atoms with Crippen LogP contribution < -0.4 is 0 Å². The van der Waals surface area contributed by atoms with Gasteiger partial charge in [0.15, 0.2) is 17.2 Å². The first kappa shape index (κ1) is 17.3. The molecule has 0 bridgehead atoms. The zero-order chi connectivity index (χ0) is 18.5. The Morgan fingerprint density at radius 3 is 2.73 bits per heavy atom. The first-order valence-corrected chi connectivity index (χ1v) is 9.20. The fourth-order valence-corrected chi connectivity index (χ4v) is 3.96. The summed E-state index contributed by atoms with van der Waals surface area (Å²) in [6, 6.07) is 0. The monoisotopic (exact) mass is 376 g/mol. The minimum absolute atomic E-state index is 0.0263. The second-order valence-electron chi connectivity index (χ2n) is 6.97. The van der Waals surface area contributed by atoms with E-state index < -0.39 is 11.5 Å². The third-order valence-electron chi connectivity index (χ3n) is 5.18. The number of carbonyl (C=O) groups excluding carboxylic acids is 1. The molecule has 4 rings (SSSR count).